The molecule has 130 valence electrons. The fourth-order valence-corrected chi connectivity index (χ4v) is 2.81. The topological polar surface area (TPSA) is 99.0 Å². The number of carbonyl (C=O) groups is 2. The first-order valence-corrected chi connectivity index (χ1v) is 8.39. The van der Waals surface area contributed by atoms with Crippen molar-refractivity contribution in [2.24, 2.45) is 0 Å². The number of rotatable bonds is 6. The number of hydrogen-bond donors (Lipinski definition) is 0. The molecule has 1 aliphatic rings. The first kappa shape index (κ1) is 18.2. The quantitative estimate of drug-likeness (QED) is 0.330. The molecule has 1 atom stereocenters. The van der Waals surface area contributed by atoms with Crippen LogP contribution in [0.5, 0.6) is 0 Å². The molecule has 1 fully saturated rings. The van der Waals surface area contributed by atoms with Crippen LogP contribution in [0.15, 0.2) is 29.2 Å². The van der Waals surface area contributed by atoms with E-state index in [9.17, 15) is 19.7 Å². The van der Waals surface area contributed by atoms with Crippen LogP contribution >= 0.6 is 11.8 Å². The third-order valence-corrected chi connectivity index (χ3v) is 4.37. The van der Waals surface area contributed by atoms with E-state index in [-0.39, 0.29) is 17.3 Å². The van der Waals surface area contributed by atoms with Crippen LogP contribution in [0.4, 0.5) is 5.69 Å². The van der Waals surface area contributed by atoms with Crippen LogP contribution in [0.1, 0.15) is 6.92 Å². The van der Waals surface area contributed by atoms with Gasteiger partial charge in [-0.15, -0.1) is 11.8 Å². The molecule has 0 unspecified atom stereocenters. The van der Waals surface area contributed by atoms with Gasteiger partial charge in [0.25, 0.3) is 11.6 Å². The highest BCUT2D eigenvalue weighted by Crippen LogP contribution is 2.21. The molecule has 2 rings (SSSR count). The summed E-state index contributed by atoms with van der Waals surface area (Å²) in [5.74, 6) is -0.710. The molecule has 0 bridgehead atoms. The second-order valence-corrected chi connectivity index (χ2v) is 6.16. The summed E-state index contributed by atoms with van der Waals surface area (Å²) in [5.41, 5.74) is -0.00773. The monoisotopic (exact) mass is 354 g/mol. The van der Waals surface area contributed by atoms with Gasteiger partial charge in [0.05, 0.1) is 23.9 Å². The van der Waals surface area contributed by atoms with Gasteiger partial charge in [-0.1, -0.05) is 0 Å². The number of non-ortho nitro benzene ring substituents is 1. The van der Waals surface area contributed by atoms with Crippen molar-refractivity contribution in [3.63, 3.8) is 0 Å². The average molecular weight is 354 g/mol. The number of carbonyl (C=O) groups excluding carboxylic acids is 2. The van der Waals surface area contributed by atoms with E-state index < -0.39 is 17.0 Å². The zero-order chi connectivity index (χ0) is 17.5. The average Bonchev–Trinajstić information content (AvgIpc) is 2.60. The van der Waals surface area contributed by atoms with E-state index in [1.165, 1.54) is 23.9 Å². The molecule has 24 heavy (non-hydrogen) atoms. The van der Waals surface area contributed by atoms with Crippen molar-refractivity contribution in [2.75, 3.05) is 32.1 Å². The van der Waals surface area contributed by atoms with Crippen LogP contribution in [0.25, 0.3) is 0 Å². The molecule has 1 aromatic rings. The Morgan fingerprint density at radius 3 is 2.54 bits per heavy atom. The summed E-state index contributed by atoms with van der Waals surface area (Å²) < 4.78 is 10.3. The van der Waals surface area contributed by atoms with Crippen molar-refractivity contribution in [1.29, 1.82) is 0 Å². The number of ether oxygens (including phenoxy) is 2. The Balaban J connectivity index is 1.77. The lowest BCUT2D eigenvalue weighted by atomic mass is 10.3. The first-order valence-electron chi connectivity index (χ1n) is 7.40. The Morgan fingerprint density at radius 2 is 1.96 bits per heavy atom. The van der Waals surface area contributed by atoms with Gasteiger partial charge in [0, 0.05) is 30.1 Å². The van der Waals surface area contributed by atoms with Crippen molar-refractivity contribution < 1.29 is 24.0 Å². The summed E-state index contributed by atoms with van der Waals surface area (Å²) in [6.07, 6.45) is -0.840. The Labute approximate surface area is 143 Å². The zero-order valence-electron chi connectivity index (χ0n) is 13.2. The maximum atomic E-state index is 12.1. The number of amides is 1. The summed E-state index contributed by atoms with van der Waals surface area (Å²) in [6, 6.07) is 5.88. The number of nitro benzene ring substituents is 1. The fourth-order valence-electron chi connectivity index (χ4n) is 2.13. The largest absolute Gasteiger partial charge is 0.452 e. The Kier molecular flexibility index (Phi) is 6.56. The van der Waals surface area contributed by atoms with Gasteiger partial charge in [-0.3, -0.25) is 19.7 Å². The molecule has 8 nitrogen and oxygen atoms in total. The van der Waals surface area contributed by atoms with Crippen LogP contribution in [0.2, 0.25) is 0 Å². The summed E-state index contributed by atoms with van der Waals surface area (Å²) >= 11 is 1.20. The second kappa shape index (κ2) is 8.65. The molecule has 0 aliphatic carbocycles. The number of nitrogens with zero attached hydrogens (tertiary/aromatic N) is 2. The molecule has 0 spiro atoms. The van der Waals surface area contributed by atoms with Crippen LogP contribution in [0.3, 0.4) is 0 Å². The maximum absolute atomic E-state index is 12.1. The molecule has 1 saturated heterocycles. The molecule has 0 N–H and O–H groups in total. The number of hydrogen-bond acceptors (Lipinski definition) is 7. The summed E-state index contributed by atoms with van der Waals surface area (Å²) in [6.45, 7) is 3.52. The molecule has 9 heteroatoms. The second-order valence-electron chi connectivity index (χ2n) is 5.11. The smallest absolute Gasteiger partial charge is 0.317 e. The highest BCUT2D eigenvalue weighted by atomic mass is 32.2. The number of nitro groups is 1. The number of esters is 1. The molecular formula is C15H18N2O6S. The van der Waals surface area contributed by atoms with E-state index in [0.717, 1.165) is 0 Å². The van der Waals surface area contributed by atoms with Crippen molar-refractivity contribution in [3.8, 4) is 0 Å². The van der Waals surface area contributed by atoms with Crippen LogP contribution in [-0.4, -0.2) is 59.9 Å². The van der Waals surface area contributed by atoms with E-state index >= 15 is 0 Å². The number of thioether (sulfide) groups is 1. The Hall–Kier alpha value is -2.13. The zero-order valence-corrected chi connectivity index (χ0v) is 14.0. The van der Waals surface area contributed by atoms with E-state index in [0.29, 0.717) is 31.2 Å². The molecule has 0 saturated carbocycles. The first-order chi connectivity index (χ1) is 11.5. The maximum Gasteiger partial charge on any atom is 0.317 e. The highest BCUT2D eigenvalue weighted by Gasteiger charge is 2.25. The molecule has 1 aromatic carbocycles. The van der Waals surface area contributed by atoms with Crippen molar-refractivity contribution >= 4 is 29.3 Å². The summed E-state index contributed by atoms with van der Waals surface area (Å²) in [5, 5.41) is 10.6. The summed E-state index contributed by atoms with van der Waals surface area (Å²) in [7, 11) is 0. The molecular weight excluding hydrogens is 336 g/mol. The van der Waals surface area contributed by atoms with Gasteiger partial charge < -0.3 is 14.4 Å². The van der Waals surface area contributed by atoms with E-state index in [2.05, 4.69) is 0 Å². The van der Waals surface area contributed by atoms with Crippen molar-refractivity contribution in [1.82, 2.24) is 4.90 Å². The van der Waals surface area contributed by atoms with Crippen LogP contribution in [-0.2, 0) is 19.1 Å². The number of morpholine rings is 1. The van der Waals surface area contributed by atoms with E-state index in [1.807, 2.05) is 0 Å². The third-order valence-electron chi connectivity index (χ3n) is 3.38. The lowest BCUT2D eigenvalue weighted by molar-refractivity contribution is -0.384. The predicted octanol–water partition coefficient (Wildman–Crippen LogP) is 1.48. The summed E-state index contributed by atoms with van der Waals surface area (Å²) in [4.78, 5) is 36.4. The Morgan fingerprint density at radius 1 is 1.33 bits per heavy atom. The lowest BCUT2D eigenvalue weighted by Crippen LogP contribution is -2.46. The van der Waals surface area contributed by atoms with Gasteiger partial charge in [0.15, 0.2) is 6.10 Å². The molecule has 0 radical (unpaired) electrons. The van der Waals surface area contributed by atoms with Gasteiger partial charge in [0.2, 0.25) is 0 Å². The number of benzene rings is 1. The van der Waals surface area contributed by atoms with E-state index in [1.54, 1.807) is 24.0 Å². The normalized spacial score (nSPS) is 15.6. The van der Waals surface area contributed by atoms with Gasteiger partial charge in [-0.05, 0) is 19.1 Å². The molecule has 1 aliphatic heterocycles. The van der Waals surface area contributed by atoms with Crippen LogP contribution < -0.4 is 0 Å². The lowest BCUT2D eigenvalue weighted by Gasteiger charge is -2.28. The van der Waals surface area contributed by atoms with Crippen LogP contribution in [0, 0.1) is 10.1 Å². The molecule has 1 amide bonds. The van der Waals surface area contributed by atoms with Gasteiger partial charge in [-0.25, -0.2) is 0 Å². The van der Waals surface area contributed by atoms with Gasteiger partial charge in [-0.2, -0.15) is 0 Å². The minimum Gasteiger partial charge on any atom is -0.452 e. The fraction of sp³-hybridized carbons (Fsp3) is 0.467. The molecule has 1 heterocycles. The third kappa shape index (κ3) is 5.20. The Bertz CT molecular complexity index is 600. The SMILES string of the molecule is C[C@H](OC(=O)CSc1ccc([N+](=O)[O-])cc1)C(=O)N1CCOCC1. The highest BCUT2D eigenvalue weighted by molar-refractivity contribution is 8.00. The standard InChI is InChI=1S/C15H18N2O6S/c1-11(15(19)16-6-8-22-9-7-16)23-14(18)10-24-13-4-2-12(3-5-13)17(20)21/h2-5,11H,6-10H2,1H3/t11-/m0/s1. The minimum absolute atomic E-state index is 0.00773. The van der Waals surface area contributed by atoms with Crippen molar-refractivity contribution in [2.45, 2.75) is 17.9 Å². The van der Waals surface area contributed by atoms with Gasteiger partial charge >= 0.3 is 5.97 Å². The predicted molar refractivity (Wildman–Crippen MR) is 86.8 cm³/mol. The van der Waals surface area contributed by atoms with Crippen molar-refractivity contribution in [3.05, 3.63) is 34.4 Å². The van der Waals surface area contributed by atoms with E-state index in [4.69, 9.17) is 9.47 Å². The molecule has 0 aromatic heterocycles. The minimum atomic E-state index is -0.840. The van der Waals surface area contributed by atoms with Gasteiger partial charge in [0.1, 0.15) is 0 Å².